The number of ketones is 1. The lowest BCUT2D eigenvalue weighted by Gasteiger charge is -2.05. The molecule has 0 saturated heterocycles. The molecule has 1 N–H and O–H groups in total. The van der Waals surface area contributed by atoms with Crippen LogP contribution in [-0.2, 0) is 4.79 Å². The van der Waals surface area contributed by atoms with Gasteiger partial charge in [0.15, 0.2) is 5.78 Å². The molecule has 25 heavy (non-hydrogen) atoms. The van der Waals surface area contributed by atoms with Crippen molar-refractivity contribution in [1.82, 2.24) is 9.08 Å². The van der Waals surface area contributed by atoms with Gasteiger partial charge < -0.3 is 0 Å². The zero-order valence-electron chi connectivity index (χ0n) is 14.0. The third-order valence-corrected chi connectivity index (χ3v) is 4.26. The molecule has 0 aliphatic heterocycles. The molecule has 0 unspecified atom stereocenters. The maximum absolute atomic E-state index is 12.5. The maximum Gasteiger partial charge on any atom is 0.235 e. The number of carbonyl (C=O) groups is 2. The molecule has 2 aromatic heterocycles. The van der Waals surface area contributed by atoms with Gasteiger partial charge in [-0.15, -0.1) is 0 Å². The number of para-hydroxylation sites is 2. The van der Waals surface area contributed by atoms with Gasteiger partial charge in [0, 0.05) is 19.4 Å². The molecule has 1 amide bonds. The monoisotopic (exact) mass is 331 g/mol. The van der Waals surface area contributed by atoms with Crippen molar-refractivity contribution >= 4 is 28.4 Å². The van der Waals surface area contributed by atoms with E-state index in [2.05, 4.69) is 5.43 Å². The van der Waals surface area contributed by atoms with Crippen LogP contribution < -0.4 is 5.43 Å². The van der Waals surface area contributed by atoms with E-state index in [0.29, 0.717) is 5.69 Å². The van der Waals surface area contributed by atoms with Crippen LogP contribution in [0, 0.1) is 0 Å². The summed E-state index contributed by atoms with van der Waals surface area (Å²) >= 11 is 0. The Morgan fingerprint density at radius 1 is 0.880 bits per heavy atom. The molecule has 0 fully saturated rings. The molecule has 0 aliphatic carbocycles. The van der Waals surface area contributed by atoms with Gasteiger partial charge >= 0.3 is 0 Å². The number of hydrogen-bond acceptors (Lipinski definition) is 2. The van der Waals surface area contributed by atoms with Crippen molar-refractivity contribution in [3.05, 3.63) is 66.4 Å². The van der Waals surface area contributed by atoms with E-state index in [1.54, 1.807) is 11.6 Å². The molecule has 5 heteroatoms. The summed E-state index contributed by atoms with van der Waals surface area (Å²) in [7, 11) is 0. The summed E-state index contributed by atoms with van der Waals surface area (Å²) in [4.78, 5) is 24.2. The average molecular weight is 331 g/mol. The van der Waals surface area contributed by atoms with Gasteiger partial charge in [-0.2, -0.15) is 0 Å². The fourth-order valence-corrected chi connectivity index (χ4v) is 3.33. The molecule has 0 saturated carbocycles. The first kappa shape index (κ1) is 15.2. The molecule has 2 heterocycles. The predicted molar refractivity (Wildman–Crippen MR) is 98.4 cm³/mol. The van der Waals surface area contributed by atoms with Crippen molar-refractivity contribution < 1.29 is 9.59 Å². The first-order valence-electron chi connectivity index (χ1n) is 8.07. The summed E-state index contributed by atoms with van der Waals surface area (Å²) in [5.74, 6) is -0.195. The van der Waals surface area contributed by atoms with Crippen molar-refractivity contribution in [3.8, 4) is 11.1 Å². The lowest BCUT2D eigenvalue weighted by atomic mass is 10.0. The fraction of sp³-hybridized carbons (Fsp3) is 0.100. The van der Waals surface area contributed by atoms with Crippen LogP contribution in [0.15, 0.2) is 60.7 Å². The van der Waals surface area contributed by atoms with Gasteiger partial charge in [0.05, 0.1) is 16.7 Å². The number of nitrogens with one attached hydrogen (secondary N) is 1. The summed E-state index contributed by atoms with van der Waals surface area (Å²) in [6.07, 6.45) is 0. The Balaban J connectivity index is 2.15. The highest BCUT2D eigenvalue weighted by atomic mass is 16.2. The molecule has 5 nitrogen and oxygen atoms in total. The molecule has 4 rings (SSSR count). The minimum absolute atomic E-state index is 0.0235. The predicted octanol–water partition coefficient (Wildman–Crippen LogP) is 3.85. The highest BCUT2D eigenvalue weighted by Crippen LogP contribution is 2.32. The number of rotatable bonds is 3. The molecular weight excluding hydrogens is 314 g/mol. The Labute approximate surface area is 144 Å². The molecule has 2 aromatic carbocycles. The smallest absolute Gasteiger partial charge is 0.235 e. The minimum atomic E-state index is -0.171. The number of fused-ring (bicyclic) bond motifs is 3. The number of carbonyl (C=O) groups excluding carboxylic acids is 2. The second-order valence-corrected chi connectivity index (χ2v) is 6.01. The minimum Gasteiger partial charge on any atom is -0.293 e. The second kappa shape index (κ2) is 5.63. The van der Waals surface area contributed by atoms with Crippen molar-refractivity contribution in [2.75, 3.05) is 5.43 Å². The number of nitrogens with zero attached hydrogens (tertiary/aromatic N) is 2. The normalized spacial score (nSPS) is 11.1. The third kappa shape index (κ3) is 2.32. The Morgan fingerprint density at radius 2 is 1.52 bits per heavy atom. The standard InChI is InChI=1S/C20H17N3O2/c1-13(24)20-16(15-8-4-3-5-9-15)12-19-22(20)17-10-6-7-11-18(17)23(19)21-14(2)25/h3-12H,1-2H3,(H,21,25). The summed E-state index contributed by atoms with van der Waals surface area (Å²) in [5.41, 5.74) is 7.75. The van der Waals surface area contributed by atoms with Crippen molar-refractivity contribution in [3.63, 3.8) is 0 Å². The first-order valence-corrected chi connectivity index (χ1v) is 8.07. The Kier molecular flexibility index (Phi) is 3.42. The molecule has 0 spiro atoms. The van der Waals surface area contributed by atoms with Gasteiger partial charge in [-0.1, -0.05) is 42.5 Å². The van der Waals surface area contributed by atoms with Crippen LogP contribution in [0.3, 0.4) is 0 Å². The van der Waals surface area contributed by atoms with Gasteiger partial charge in [-0.3, -0.25) is 19.4 Å². The van der Waals surface area contributed by atoms with E-state index < -0.39 is 0 Å². The number of amides is 1. The molecule has 124 valence electrons. The van der Waals surface area contributed by atoms with Crippen LogP contribution >= 0.6 is 0 Å². The third-order valence-electron chi connectivity index (χ3n) is 4.26. The quantitative estimate of drug-likeness (QED) is 0.580. The van der Waals surface area contributed by atoms with Crippen LogP contribution in [0.2, 0.25) is 0 Å². The van der Waals surface area contributed by atoms with E-state index in [1.807, 2.05) is 65.1 Å². The van der Waals surface area contributed by atoms with Crippen LogP contribution in [0.25, 0.3) is 27.8 Å². The van der Waals surface area contributed by atoms with Crippen LogP contribution in [0.5, 0.6) is 0 Å². The van der Waals surface area contributed by atoms with Gasteiger partial charge in [0.25, 0.3) is 0 Å². The molecular formula is C20H17N3O2. The zero-order chi connectivity index (χ0) is 17.6. The number of aromatic nitrogens is 2. The molecule has 4 aromatic rings. The summed E-state index contributed by atoms with van der Waals surface area (Å²) in [6.45, 7) is 3.04. The Bertz CT molecular complexity index is 1120. The molecule has 0 aliphatic rings. The average Bonchev–Trinajstić information content (AvgIpc) is 3.12. The largest absolute Gasteiger partial charge is 0.293 e. The number of imidazole rings is 1. The first-order chi connectivity index (χ1) is 12.1. The number of hydrogen-bond donors (Lipinski definition) is 1. The zero-order valence-corrected chi connectivity index (χ0v) is 14.0. The maximum atomic E-state index is 12.5. The van der Waals surface area contributed by atoms with Crippen LogP contribution in [-0.4, -0.2) is 20.8 Å². The summed E-state index contributed by atoms with van der Waals surface area (Å²) < 4.78 is 3.65. The summed E-state index contributed by atoms with van der Waals surface area (Å²) in [6, 6.07) is 19.4. The SMILES string of the molecule is CC(=O)Nn1c2ccccc2n2c(C(C)=O)c(-c3ccccc3)cc12. The van der Waals surface area contributed by atoms with Crippen molar-refractivity contribution in [1.29, 1.82) is 0 Å². The second-order valence-electron chi connectivity index (χ2n) is 6.01. The van der Waals surface area contributed by atoms with Crippen molar-refractivity contribution in [2.24, 2.45) is 0 Å². The van der Waals surface area contributed by atoms with Gasteiger partial charge in [-0.25, -0.2) is 4.68 Å². The van der Waals surface area contributed by atoms with Gasteiger partial charge in [0.2, 0.25) is 5.91 Å². The van der Waals surface area contributed by atoms with E-state index in [9.17, 15) is 9.59 Å². The van der Waals surface area contributed by atoms with Crippen LogP contribution in [0.1, 0.15) is 24.3 Å². The van der Waals surface area contributed by atoms with E-state index in [-0.39, 0.29) is 11.7 Å². The topological polar surface area (TPSA) is 55.5 Å². The van der Waals surface area contributed by atoms with Gasteiger partial charge in [0.1, 0.15) is 5.65 Å². The fourth-order valence-electron chi connectivity index (χ4n) is 3.33. The van der Waals surface area contributed by atoms with E-state index in [4.69, 9.17) is 0 Å². The molecule has 0 bridgehead atoms. The van der Waals surface area contributed by atoms with Gasteiger partial charge in [-0.05, 0) is 23.8 Å². The molecule has 0 radical (unpaired) electrons. The summed E-state index contributed by atoms with van der Waals surface area (Å²) in [5, 5.41) is 0. The Hall–Kier alpha value is -3.34. The number of Topliss-reactive ketones (excluding diaryl/α,β-unsaturated/α-hetero) is 1. The number of benzene rings is 2. The van der Waals surface area contributed by atoms with E-state index >= 15 is 0 Å². The van der Waals surface area contributed by atoms with E-state index in [1.165, 1.54) is 6.92 Å². The van der Waals surface area contributed by atoms with Crippen molar-refractivity contribution in [2.45, 2.75) is 13.8 Å². The molecule has 0 atom stereocenters. The van der Waals surface area contributed by atoms with E-state index in [0.717, 1.165) is 27.8 Å². The highest BCUT2D eigenvalue weighted by Gasteiger charge is 2.22. The highest BCUT2D eigenvalue weighted by molar-refractivity contribution is 6.04. The lowest BCUT2D eigenvalue weighted by molar-refractivity contribution is -0.115. The van der Waals surface area contributed by atoms with Crippen LogP contribution in [0.4, 0.5) is 0 Å². The lowest BCUT2D eigenvalue weighted by Crippen LogP contribution is -2.19. The Morgan fingerprint density at radius 3 is 2.16 bits per heavy atom.